The summed E-state index contributed by atoms with van der Waals surface area (Å²) in [6, 6.07) is 9.14. The Balaban J connectivity index is 2.33. The van der Waals surface area contributed by atoms with Crippen molar-refractivity contribution in [3.8, 4) is 0 Å². The molecule has 0 radical (unpaired) electrons. The van der Waals surface area contributed by atoms with Crippen LogP contribution in [0, 0.1) is 5.92 Å². The minimum Gasteiger partial charge on any atom is -0.314 e. The van der Waals surface area contributed by atoms with Crippen LogP contribution in [0.3, 0.4) is 0 Å². The second-order valence-corrected chi connectivity index (χ2v) is 5.57. The Morgan fingerprint density at radius 2 is 1.81 bits per heavy atom. The van der Waals surface area contributed by atoms with Gasteiger partial charge in [0.15, 0.2) is 0 Å². The molecule has 0 heterocycles. The van der Waals surface area contributed by atoms with Crippen molar-refractivity contribution in [2.75, 3.05) is 6.54 Å². The summed E-state index contributed by atoms with van der Waals surface area (Å²) in [5.74, 6) is 0.771. The minimum atomic E-state index is 0.551. The molecule has 2 unspecified atom stereocenters. The van der Waals surface area contributed by atoms with Gasteiger partial charge in [-0.3, -0.25) is 0 Å². The van der Waals surface area contributed by atoms with E-state index in [0.29, 0.717) is 6.04 Å². The van der Waals surface area contributed by atoms with Crippen molar-refractivity contribution in [1.82, 2.24) is 5.32 Å². The van der Waals surface area contributed by atoms with E-state index in [9.17, 15) is 0 Å². The van der Waals surface area contributed by atoms with E-state index in [0.717, 1.165) is 23.4 Å². The van der Waals surface area contributed by atoms with Gasteiger partial charge < -0.3 is 5.32 Å². The van der Waals surface area contributed by atoms with E-state index < -0.39 is 0 Å². The molecule has 16 heavy (non-hydrogen) atoms. The van der Waals surface area contributed by atoms with Crippen LogP contribution >= 0.6 is 15.9 Å². The van der Waals surface area contributed by atoms with Gasteiger partial charge in [-0.2, -0.15) is 0 Å². The van der Waals surface area contributed by atoms with E-state index >= 15 is 0 Å². The summed E-state index contributed by atoms with van der Waals surface area (Å²) in [6.45, 7) is 7.91. The predicted molar refractivity (Wildman–Crippen MR) is 74.8 cm³/mol. The fraction of sp³-hybridized carbons (Fsp3) is 0.571. The van der Waals surface area contributed by atoms with Gasteiger partial charge in [0.25, 0.3) is 0 Å². The van der Waals surface area contributed by atoms with Gasteiger partial charge in [-0.05, 0) is 43.5 Å². The Morgan fingerprint density at radius 3 is 2.38 bits per heavy atom. The van der Waals surface area contributed by atoms with Gasteiger partial charge in [0.05, 0.1) is 0 Å². The van der Waals surface area contributed by atoms with E-state index in [1.165, 1.54) is 12.0 Å². The quantitative estimate of drug-likeness (QED) is 0.832. The first-order valence-electron chi connectivity index (χ1n) is 6.09. The van der Waals surface area contributed by atoms with Crippen molar-refractivity contribution in [3.05, 3.63) is 34.3 Å². The molecule has 2 heteroatoms. The van der Waals surface area contributed by atoms with Crippen LogP contribution in [-0.2, 0) is 6.42 Å². The van der Waals surface area contributed by atoms with E-state index in [1.807, 2.05) is 0 Å². The highest BCUT2D eigenvalue weighted by atomic mass is 79.9. The van der Waals surface area contributed by atoms with Crippen molar-refractivity contribution in [1.29, 1.82) is 0 Å². The monoisotopic (exact) mass is 283 g/mol. The maximum absolute atomic E-state index is 3.58. The van der Waals surface area contributed by atoms with Gasteiger partial charge in [0.2, 0.25) is 0 Å². The average molecular weight is 284 g/mol. The molecule has 1 aromatic carbocycles. The summed E-state index contributed by atoms with van der Waals surface area (Å²) in [5, 5.41) is 3.58. The Morgan fingerprint density at radius 1 is 1.19 bits per heavy atom. The summed E-state index contributed by atoms with van der Waals surface area (Å²) >= 11 is 3.46. The second kappa shape index (κ2) is 7.08. The molecule has 0 aromatic heterocycles. The van der Waals surface area contributed by atoms with Crippen molar-refractivity contribution < 1.29 is 0 Å². The number of rotatable bonds is 6. The van der Waals surface area contributed by atoms with Gasteiger partial charge >= 0.3 is 0 Å². The lowest BCUT2D eigenvalue weighted by Gasteiger charge is -2.16. The third-order valence-corrected chi connectivity index (χ3v) is 3.50. The molecular weight excluding hydrogens is 262 g/mol. The fourth-order valence-electron chi connectivity index (χ4n) is 1.59. The van der Waals surface area contributed by atoms with Gasteiger partial charge in [0.1, 0.15) is 0 Å². The number of hydrogen-bond acceptors (Lipinski definition) is 1. The van der Waals surface area contributed by atoms with E-state index in [4.69, 9.17) is 0 Å². The molecule has 1 N–H and O–H groups in total. The van der Waals surface area contributed by atoms with Gasteiger partial charge in [-0.15, -0.1) is 0 Å². The zero-order valence-corrected chi connectivity index (χ0v) is 12.0. The third-order valence-electron chi connectivity index (χ3n) is 2.97. The van der Waals surface area contributed by atoms with Crippen LogP contribution in [0.15, 0.2) is 28.7 Å². The molecule has 0 aliphatic rings. The van der Waals surface area contributed by atoms with Crippen LogP contribution in [0.1, 0.15) is 32.8 Å². The number of halogens is 1. The summed E-state index contributed by atoms with van der Waals surface area (Å²) in [6.07, 6.45) is 2.35. The summed E-state index contributed by atoms with van der Waals surface area (Å²) in [7, 11) is 0. The largest absolute Gasteiger partial charge is 0.314 e. The molecule has 90 valence electrons. The standard InChI is InChI=1S/C14H22BrN/c1-4-11(2)10-16-12(3)9-13-5-7-14(15)8-6-13/h5-8,11-12,16H,4,9-10H2,1-3H3. The van der Waals surface area contributed by atoms with Crippen LogP contribution in [0.2, 0.25) is 0 Å². The summed E-state index contributed by atoms with van der Waals surface area (Å²) in [4.78, 5) is 0. The Kier molecular flexibility index (Phi) is 6.07. The first kappa shape index (κ1) is 13.7. The maximum Gasteiger partial charge on any atom is 0.0175 e. The van der Waals surface area contributed by atoms with Gasteiger partial charge in [0, 0.05) is 10.5 Å². The lowest BCUT2D eigenvalue weighted by atomic mass is 10.1. The molecule has 1 rings (SSSR count). The van der Waals surface area contributed by atoms with Crippen molar-refractivity contribution in [3.63, 3.8) is 0 Å². The smallest absolute Gasteiger partial charge is 0.0175 e. The normalized spacial score (nSPS) is 14.8. The minimum absolute atomic E-state index is 0.551. The molecule has 2 atom stereocenters. The number of hydrogen-bond donors (Lipinski definition) is 1. The van der Waals surface area contributed by atoms with E-state index in [1.54, 1.807) is 0 Å². The van der Waals surface area contributed by atoms with Crippen LogP contribution in [0.25, 0.3) is 0 Å². The first-order valence-corrected chi connectivity index (χ1v) is 6.89. The average Bonchev–Trinajstić information content (AvgIpc) is 2.29. The topological polar surface area (TPSA) is 12.0 Å². The predicted octanol–water partition coefficient (Wildman–Crippen LogP) is 4.02. The number of benzene rings is 1. The lowest BCUT2D eigenvalue weighted by molar-refractivity contribution is 0.451. The van der Waals surface area contributed by atoms with Gasteiger partial charge in [-0.25, -0.2) is 0 Å². The molecule has 0 spiro atoms. The molecule has 0 saturated heterocycles. The van der Waals surface area contributed by atoms with Gasteiger partial charge in [-0.1, -0.05) is 48.3 Å². The molecule has 1 nitrogen and oxygen atoms in total. The van der Waals surface area contributed by atoms with Crippen LogP contribution < -0.4 is 5.32 Å². The molecular formula is C14H22BrN. The molecule has 0 fully saturated rings. The lowest BCUT2D eigenvalue weighted by Crippen LogP contribution is -2.31. The van der Waals surface area contributed by atoms with E-state index in [-0.39, 0.29) is 0 Å². The highest BCUT2D eigenvalue weighted by Gasteiger charge is 2.05. The molecule has 1 aromatic rings. The van der Waals surface area contributed by atoms with E-state index in [2.05, 4.69) is 66.3 Å². The second-order valence-electron chi connectivity index (χ2n) is 4.65. The zero-order valence-electron chi connectivity index (χ0n) is 10.5. The van der Waals surface area contributed by atoms with Crippen LogP contribution in [-0.4, -0.2) is 12.6 Å². The maximum atomic E-state index is 3.58. The highest BCUT2D eigenvalue weighted by Crippen LogP contribution is 2.12. The van der Waals surface area contributed by atoms with Crippen molar-refractivity contribution in [2.45, 2.75) is 39.7 Å². The van der Waals surface area contributed by atoms with Crippen molar-refractivity contribution in [2.24, 2.45) is 5.92 Å². The summed E-state index contributed by atoms with van der Waals surface area (Å²) in [5.41, 5.74) is 1.40. The van der Waals surface area contributed by atoms with Crippen molar-refractivity contribution >= 4 is 15.9 Å². The zero-order chi connectivity index (χ0) is 12.0. The SMILES string of the molecule is CCC(C)CNC(C)Cc1ccc(Br)cc1. The third kappa shape index (κ3) is 5.13. The van der Waals surface area contributed by atoms with Crippen LogP contribution in [0.4, 0.5) is 0 Å². The first-order chi connectivity index (χ1) is 7.61. The molecule has 0 aliphatic heterocycles. The molecule has 0 saturated carbocycles. The Bertz CT molecular complexity index is 294. The van der Waals surface area contributed by atoms with Crippen LogP contribution in [0.5, 0.6) is 0 Å². The summed E-state index contributed by atoms with van der Waals surface area (Å²) < 4.78 is 1.15. The highest BCUT2D eigenvalue weighted by molar-refractivity contribution is 9.10. The Labute approximate surface area is 108 Å². The molecule has 0 bridgehead atoms. The molecule has 0 amide bonds. The Hall–Kier alpha value is -0.340. The fourth-order valence-corrected chi connectivity index (χ4v) is 1.86. The molecule has 0 aliphatic carbocycles. The number of nitrogens with one attached hydrogen (secondary N) is 1.